The first-order chi connectivity index (χ1) is 12.1. The number of hydrogen-bond donors (Lipinski definition) is 2. The zero-order valence-electron chi connectivity index (χ0n) is 13.9. The number of thioether (sulfide) groups is 1. The Kier molecular flexibility index (Phi) is 5.14. The summed E-state index contributed by atoms with van der Waals surface area (Å²) in [5, 5.41) is 3.27. The number of carbonyl (C=O) groups is 2. The van der Waals surface area contributed by atoms with E-state index in [-0.39, 0.29) is 16.9 Å². The van der Waals surface area contributed by atoms with Crippen LogP contribution in [0.5, 0.6) is 0 Å². The molecule has 0 bridgehead atoms. The fraction of sp³-hybridized carbons (Fsp3) is 0.222. The van der Waals surface area contributed by atoms with Gasteiger partial charge in [0, 0.05) is 17.4 Å². The number of anilines is 1. The summed E-state index contributed by atoms with van der Waals surface area (Å²) in [7, 11) is 0. The maximum Gasteiger partial charge on any atom is 0.237 e. The lowest BCUT2D eigenvalue weighted by molar-refractivity contribution is -0.115. The van der Waals surface area contributed by atoms with Crippen molar-refractivity contribution in [1.82, 2.24) is 15.0 Å². The van der Waals surface area contributed by atoms with Crippen molar-refractivity contribution in [2.24, 2.45) is 0 Å². The number of fused-ring (bicyclic) bond motifs is 1. The van der Waals surface area contributed by atoms with E-state index in [0.29, 0.717) is 28.5 Å². The van der Waals surface area contributed by atoms with E-state index in [2.05, 4.69) is 20.3 Å². The summed E-state index contributed by atoms with van der Waals surface area (Å²) in [5.74, 6) is -0.102. The van der Waals surface area contributed by atoms with Gasteiger partial charge in [-0.1, -0.05) is 18.7 Å². The molecule has 0 radical (unpaired) electrons. The second-order valence-corrected chi connectivity index (χ2v) is 6.75. The molecule has 1 aromatic carbocycles. The highest BCUT2D eigenvalue weighted by molar-refractivity contribution is 8.00. The van der Waals surface area contributed by atoms with Gasteiger partial charge in [0.2, 0.25) is 5.91 Å². The first kappa shape index (κ1) is 17.2. The van der Waals surface area contributed by atoms with Gasteiger partial charge in [-0.05, 0) is 49.7 Å². The van der Waals surface area contributed by atoms with Gasteiger partial charge < -0.3 is 10.3 Å². The van der Waals surface area contributed by atoms with Crippen LogP contribution in [0.3, 0.4) is 0 Å². The molecule has 0 spiro atoms. The third-order valence-corrected chi connectivity index (χ3v) is 4.96. The molecule has 3 aromatic rings. The number of amides is 1. The van der Waals surface area contributed by atoms with Crippen molar-refractivity contribution in [3.8, 4) is 0 Å². The first-order valence-electron chi connectivity index (χ1n) is 7.96. The first-order valence-corrected chi connectivity index (χ1v) is 8.84. The molecule has 1 amide bonds. The molecule has 2 N–H and O–H groups in total. The molecular formula is C18H18N4O2S. The van der Waals surface area contributed by atoms with Gasteiger partial charge in [-0.25, -0.2) is 9.97 Å². The van der Waals surface area contributed by atoms with Crippen LogP contribution >= 0.6 is 11.8 Å². The largest absolute Gasteiger partial charge is 0.332 e. The zero-order valence-corrected chi connectivity index (χ0v) is 14.8. The van der Waals surface area contributed by atoms with E-state index in [1.165, 1.54) is 18.7 Å². The molecule has 7 heteroatoms. The predicted octanol–water partition coefficient (Wildman–Crippen LogP) is 3.67. The number of aromatic nitrogens is 3. The van der Waals surface area contributed by atoms with E-state index in [1.807, 2.05) is 19.1 Å². The van der Waals surface area contributed by atoms with Gasteiger partial charge >= 0.3 is 0 Å². The minimum atomic E-state index is -0.284. The zero-order chi connectivity index (χ0) is 17.8. The van der Waals surface area contributed by atoms with Gasteiger partial charge in [-0.3, -0.25) is 9.59 Å². The van der Waals surface area contributed by atoms with Crippen molar-refractivity contribution in [3.05, 3.63) is 48.2 Å². The third-order valence-electron chi connectivity index (χ3n) is 3.71. The molecule has 6 nitrogen and oxygen atoms in total. The monoisotopic (exact) mass is 354 g/mol. The van der Waals surface area contributed by atoms with E-state index in [1.54, 1.807) is 30.5 Å². The van der Waals surface area contributed by atoms with Crippen LogP contribution in [0.2, 0.25) is 0 Å². The Morgan fingerprint density at radius 2 is 2.00 bits per heavy atom. The average Bonchev–Trinajstić information content (AvgIpc) is 3.02. The van der Waals surface area contributed by atoms with Crippen LogP contribution in [0.1, 0.15) is 30.6 Å². The molecule has 128 valence electrons. The Morgan fingerprint density at radius 3 is 2.64 bits per heavy atom. The second-order valence-electron chi connectivity index (χ2n) is 5.55. The van der Waals surface area contributed by atoms with Crippen LogP contribution in [0, 0.1) is 0 Å². The molecule has 1 atom stereocenters. The number of hydrogen-bond acceptors (Lipinski definition) is 5. The summed E-state index contributed by atoms with van der Waals surface area (Å²) < 4.78 is 0. The number of nitrogens with zero attached hydrogens (tertiary/aromatic N) is 2. The summed E-state index contributed by atoms with van der Waals surface area (Å²) in [4.78, 5) is 35.6. The van der Waals surface area contributed by atoms with Crippen LogP contribution in [0.15, 0.2) is 47.8 Å². The summed E-state index contributed by atoms with van der Waals surface area (Å²) in [6.45, 7) is 3.47. The van der Waals surface area contributed by atoms with Crippen LogP contribution < -0.4 is 5.32 Å². The van der Waals surface area contributed by atoms with Crippen molar-refractivity contribution >= 4 is 40.3 Å². The smallest absolute Gasteiger partial charge is 0.237 e. The Hall–Kier alpha value is -2.67. The third kappa shape index (κ3) is 4.06. The molecule has 1 unspecified atom stereocenters. The highest BCUT2D eigenvalue weighted by Gasteiger charge is 2.20. The number of nitrogens with one attached hydrogen (secondary N) is 2. The summed E-state index contributed by atoms with van der Waals surface area (Å²) in [6, 6.07) is 10.6. The van der Waals surface area contributed by atoms with Crippen molar-refractivity contribution in [2.45, 2.75) is 30.7 Å². The van der Waals surface area contributed by atoms with E-state index in [0.717, 1.165) is 5.52 Å². The van der Waals surface area contributed by atoms with E-state index in [4.69, 9.17) is 0 Å². The van der Waals surface area contributed by atoms with Crippen LogP contribution in [0.25, 0.3) is 11.2 Å². The van der Waals surface area contributed by atoms with Gasteiger partial charge in [-0.15, -0.1) is 0 Å². The summed E-state index contributed by atoms with van der Waals surface area (Å²) in [6.07, 6.45) is 2.35. The molecule has 0 saturated heterocycles. The molecule has 2 aromatic heterocycles. The minimum absolute atomic E-state index is 0.00152. The lowest BCUT2D eigenvalue weighted by Gasteiger charge is -2.13. The maximum atomic E-state index is 12.5. The Morgan fingerprint density at radius 1 is 1.24 bits per heavy atom. The van der Waals surface area contributed by atoms with Gasteiger partial charge in [0.05, 0.1) is 10.8 Å². The quantitative estimate of drug-likeness (QED) is 0.521. The van der Waals surface area contributed by atoms with Gasteiger partial charge in [0.25, 0.3) is 0 Å². The maximum absolute atomic E-state index is 12.5. The number of aromatic amines is 1. The lowest BCUT2D eigenvalue weighted by Crippen LogP contribution is -2.24. The Labute approximate surface area is 149 Å². The Bertz CT molecular complexity index is 872. The van der Waals surface area contributed by atoms with Crippen molar-refractivity contribution < 1.29 is 9.59 Å². The Balaban J connectivity index is 1.69. The van der Waals surface area contributed by atoms with Crippen molar-refractivity contribution in [2.75, 3.05) is 5.32 Å². The number of benzene rings is 1. The number of rotatable bonds is 6. The van der Waals surface area contributed by atoms with Gasteiger partial charge in [0.1, 0.15) is 0 Å². The lowest BCUT2D eigenvalue weighted by atomic mass is 10.1. The van der Waals surface area contributed by atoms with E-state index in [9.17, 15) is 9.59 Å². The van der Waals surface area contributed by atoms with Gasteiger partial charge in [-0.2, -0.15) is 0 Å². The molecular weight excluding hydrogens is 336 g/mol. The number of Topliss-reactive ketones (excluding diaryl/α,β-unsaturated/α-hetero) is 1. The van der Waals surface area contributed by atoms with Gasteiger partial charge in [0.15, 0.2) is 16.6 Å². The topological polar surface area (TPSA) is 87.7 Å². The summed E-state index contributed by atoms with van der Waals surface area (Å²) >= 11 is 1.38. The van der Waals surface area contributed by atoms with E-state index < -0.39 is 0 Å². The molecule has 2 heterocycles. The molecule has 0 fully saturated rings. The second kappa shape index (κ2) is 7.48. The minimum Gasteiger partial charge on any atom is -0.332 e. The molecule has 25 heavy (non-hydrogen) atoms. The van der Waals surface area contributed by atoms with Crippen LogP contribution in [0.4, 0.5) is 5.69 Å². The number of ketones is 1. The molecule has 3 rings (SSSR count). The highest BCUT2D eigenvalue weighted by Crippen LogP contribution is 2.25. The van der Waals surface area contributed by atoms with Crippen molar-refractivity contribution in [3.63, 3.8) is 0 Å². The number of imidazole rings is 1. The predicted molar refractivity (Wildman–Crippen MR) is 98.9 cm³/mol. The number of pyridine rings is 1. The normalized spacial score (nSPS) is 12.1. The number of carbonyl (C=O) groups excluding carboxylic acids is 2. The van der Waals surface area contributed by atoms with E-state index >= 15 is 0 Å². The van der Waals surface area contributed by atoms with Crippen molar-refractivity contribution in [1.29, 1.82) is 0 Å². The molecule has 0 aliphatic heterocycles. The van der Waals surface area contributed by atoms with Crippen LogP contribution in [-0.2, 0) is 4.79 Å². The molecule has 0 saturated carbocycles. The standard InChI is InChI=1S/C18H18N4O2S/c1-3-15(25-18-21-14-5-4-10-19-16(14)22-18)17(24)20-13-8-6-12(7-9-13)11(2)23/h4-10,15H,3H2,1-2H3,(H,20,24)(H,19,21,22). The fourth-order valence-electron chi connectivity index (χ4n) is 2.35. The van der Waals surface area contributed by atoms with Crippen LogP contribution in [-0.4, -0.2) is 31.9 Å². The molecule has 0 aliphatic carbocycles. The SMILES string of the molecule is CCC(Sc1nc2ncccc2[nH]1)C(=O)Nc1ccc(C(C)=O)cc1. The highest BCUT2D eigenvalue weighted by atomic mass is 32.2. The molecule has 0 aliphatic rings. The summed E-state index contributed by atoms with van der Waals surface area (Å²) in [5.41, 5.74) is 2.77. The average molecular weight is 354 g/mol. The fourth-order valence-corrected chi connectivity index (χ4v) is 3.26. The number of H-pyrrole nitrogens is 1.